The molecule has 4 nitrogen and oxygen atoms in total. The maximum Gasteiger partial charge on any atom is 0.149 e. The zero-order chi connectivity index (χ0) is 70.2. The van der Waals surface area contributed by atoms with Crippen LogP contribution >= 0.6 is 0 Å². The molecule has 0 saturated carbocycles. The van der Waals surface area contributed by atoms with Crippen molar-refractivity contribution in [3.63, 3.8) is 0 Å². The van der Waals surface area contributed by atoms with Crippen molar-refractivity contribution in [1.29, 1.82) is 0 Å². The smallest absolute Gasteiger partial charge is 0.149 e. The van der Waals surface area contributed by atoms with Crippen molar-refractivity contribution < 1.29 is 42.1 Å². The molecule has 0 atom stereocenters. The molecule has 0 spiro atoms. The fourth-order valence-electron chi connectivity index (χ4n) is 8.16. The molecule has 0 amide bonds. The molecule has 0 aliphatic carbocycles. The van der Waals surface area contributed by atoms with Crippen molar-refractivity contribution >= 4 is 11.0 Å². The molecule has 0 aliphatic heterocycles. The van der Waals surface area contributed by atoms with Crippen LogP contribution < -0.4 is 0 Å². The van der Waals surface area contributed by atoms with Crippen LogP contribution in [0.3, 0.4) is 0 Å². The van der Waals surface area contributed by atoms with Gasteiger partial charge in [-0.2, -0.15) is 0 Å². The molecule has 0 bridgehead atoms. The largest absolute Gasteiger partial charge is 0.507 e. The number of para-hydroxylation sites is 1. The zero-order valence-corrected chi connectivity index (χ0v) is 37.6. The molecule has 66 heavy (non-hydrogen) atoms. The molecule has 338 valence electrons. The molecule has 2 heterocycles. The third kappa shape index (κ3) is 9.12. The summed E-state index contributed by atoms with van der Waals surface area (Å²) in [5.74, 6) is -1.92. The second kappa shape index (κ2) is 16.6. The molecule has 0 aliphatic rings. The number of pyridine rings is 1. The highest BCUT2D eigenvalue weighted by atomic mass is 16.3. The Morgan fingerprint density at radius 2 is 1.08 bits per heavy atom. The van der Waals surface area contributed by atoms with Gasteiger partial charge in [0.05, 0.1) is 28.0 Å². The van der Waals surface area contributed by atoms with Crippen molar-refractivity contribution in [3.8, 4) is 67.5 Å². The van der Waals surface area contributed by atoms with Crippen LogP contribution in [0.4, 0.5) is 0 Å². The van der Waals surface area contributed by atoms with Gasteiger partial charge >= 0.3 is 0 Å². The highest BCUT2D eigenvalue weighted by Gasteiger charge is 2.30. The molecule has 0 unspecified atom stereocenters. The minimum absolute atomic E-state index is 0.0706. The zero-order valence-electron chi connectivity index (χ0n) is 64.6. The van der Waals surface area contributed by atoms with Gasteiger partial charge in [0.2, 0.25) is 0 Å². The Morgan fingerprint density at radius 1 is 0.455 bits per heavy atom. The molecule has 0 radical (unpaired) electrons. The number of phenolic OH excluding ortho intramolecular Hbond substituents is 1. The Morgan fingerprint density at radius 3 is 1.74 bits per heavy atom. The first-order valence-electron chi connectivity index (χ1n) is 34.9. The molecule has 1 N–H and O–H groups in total. The summed E-state index contributed by atoms with van der Waals surface area (Å²) in [6.45, 7) is -23.7. The fraction of sp³-hybridized carbons (Fsp3) is 0.323. The predicted octanol–water partition coefficient (Wildman–Crippen LogP) is 16.9. The molecular weight excluding hydrogens is 803 g/mol. The van der Waals surface area contributed by atoms with Crippen LogP contribution in [0.25, 0.3) is 72.7 Å². The summed E-state index contributed by atoms with van der Waals surface area (Å²) in [4.78, 5) is 9.90. The van der Waals surface area contributed by atoms with Gasteiger partial charge in [-0.3, -0.25) is 9.55 Å². The first-order chi connectivity index (χ1) is 42.0. The first kappa shape index (κ1) is 23.5. The topological polar surface area (TPSA) is 50.9 Å². The van der Waals surface area contributed by atoms with Gasteiger partial charge in [-0.05, 0) is 120 Å². The molecule has 0 saturated heterocycles. The molecular formula is C62H69N3O. The average Bonchev–Trinajstić information content (AvgIpc) is 1.07. The van der Waals surface area contributed by atoms with Crippen LogP contribution in [0.15, 0.2) is 140 Å². The van der Waals surface area contributed by atoms with E-state index in [1.165, 1.54) is 35.0 Å². The number of rotatable bonds is 6. The van der Waals surface area contributed by atoms with Crippen molar-refractivity contribution in [2.75, 3.05) is 0 Å². The fourth-order valence-corrected chi connectivity index (χ4v) is 8.16. The maximum atomic E-state index is 13.1. The molecule has 0 fully saturated rings. The van der Waals surface area contributed by atoms with Crippen LogP contribution in [0.1, 0.15) is 168 Å². The lowest BCUT2D eigenvalue weighted by molar-refractivity contribution is 0.446. The minimum atomic E-state index is -4.21. The second-order valence-electron chi connectivity index (χ2n) is 19.0. The normalized spacial score (nSPS) is 20.6. The monoisotopic (exact) mass is 899 g/mol. The summed E-state index contributed by atoms with van der Waals surface area (Å²) in [5.41, 5.74) is -11.1. The van der Waals surface area contributed by atoms with Gasteiger partial charge in [0, 0.05) is 65.5 Å². The number of aromatic nitrogens is 3. The van der Waals surface area contributed by atoms with Crippen molar-refractivity contribution in [2.24, 2.45) is 0 Å². The Bertz CT molecular complexity index is 4000. The quantitative estimate of drug-likeness (QED) is 0.181. The van der Waals surface area contributed by atoms with Gasteiger partial charge in [-0.25, -0.2) is 4.98 Å². The number of imidazole rings is 1. The predicted molar refractivity (Wildman–Crippen MR) is 281 cm³/mol. The lowest BCUT2D eigenvalue weighted by atomic mass is 9.79. The van der Waals surface area contributed by atoms with Gasteiger partial charge in [-0.15, -0.1) is 0 Å². The third-order valence-electron chi connectivity index (χ3n) is 11.9. The van der Waals surface area contributed by atoms with Crippen LogP contribution in [0, 0.1) is 0 Å². The summed E-state index contributed by atoms with van der Waals surface area (Å²) >= 11 is 0. The number of nitrogens with zero attached hydrogens (tertiary/aromatic N) is 3. The Balaban J connectivity index is 1.54. The molecule has 4 heteroatoms. The van der Waals surface area contributed by atoms with Crippen LogP contribution in [-0.4, -0.2) is 19.6 Å². The van der Waals surface area contributed by atoms with Gasteiger partial charge < -0.3 is 5.11 Å². The van der Waals surface area contributed by atoms with Crippen molar-refractivity contribution in [1.82, 2.24) is 14.5 Å². The lowest BCUT2D eigenvalue weighted by Gasteiger charge is -2.28. The van der Waals surface area contributed by atoms with Gasteiger partial charge in [-0.1, -0.05) is 188 Å². The highest BCUT2D eigenvalue weighted by Crippen LogP contribution is 2.46. The molecule has 2 aromatic heterocycles. The molecule has 8 rings (SSSR count). The SMILES string of the molecule is [2H]C([2H])([2H])C(c1ccc(-c2ccnc(-c3cc(-c4cccc5c4nc(-c4cc(C(C([2H])([2H])[2H])(C([2H])([2H])[2H])C([2H])([2H])[2H])cc(C(C([2H])([2H])[2H])(C([2H])([2H])[2H])C([2H])([2H])[2H])c4O)n5-c4ccc(C(C)(C)C)cc4-c4ccccc4)cc(C(C)(C)C)c3)c2)cc1)(C([2H])([2H])[2H])C([2H])([2H])[2H]. The van der Waals surface area contributed by atoms with Gasteiger partial charge in [0.25, 0.3) is 0 Å². The second-order valence-corrected chi connectivity index (χ2v) is 19.0. The number of fused-ring (bicyclic) bond motifs is 1. The standard InChI is InChI=1S/C62H69N3O/c1-58(2,3)44-26-24-39(25-27-44)41-30-31-63-52(35-41)43-32-42(33-46(34-43)60(7,8)9)48-22-19-23-54-55(48)64-57(50-37-47(61(10,11)12)38-51(56(50)66)62(13,14)15)65(54)53-29-28-45(59(4,5)6)36-49(53)40-20-17-16-18-21-40/h16-38,66H,1-15H3/i1D3,2D3,3D3,10D3,11D3,12D3,13D3,14D3,15D3. The van der Waals surface area contributed by atoms with Crippen LogP contribution in [0.2, 0.25) is 0 Å². The van der Waals surface area contributed by atoms with E-state index >= 15 is 0 Å². The third-order valence-corrected chi connectivity index (χ3v) is 11.9. The summed E-state index contributed by atoms with van der Waals surface area (Å²) in [5, 5.41) is 13.1. The first-order valence-corrected chi connectivity index (χ1v) is 21.4. The van der Waals surface area contributed by atoms with E-state index in [2.05, 4.69) is 0 Å². The Labute approximate surface area is 432 Å². The van der Waals surface area contributed by atoms with Crippen molar-refractivity contribution in [2.45, 2.75) is 130 Å². The highest BCUT2D eigenvalue weighted by molar-refractivity contribution is 5.98. The minimum Gasteiger partial charge on any atom is -0.507 e. The van der Waals surface area contributed by atoms with E-state index in [0.29, 0.717) is 50.7 Å². The number of hydrogen-bond donors (Lipinski definition) is 1. The Kier molecular flexibility index (Phi) is 5.89. The van der Waals surface area contributed by atoms with E-state index in [-0.39, 0.29) is 22.8 Å². The molecule has 8 aromatic rings. The van der Waals surface area contributed by atoms with E-state index in [1.807, 2.05) is 59.7 Å². The lowest BCUT2D eigenvalue weighted by Crippen LogP contribution is -2.17. The Hall–Kier alpha value is -6.26. The number of phenols is 1. The van der Waals surface area contributed by atoms with Crippen molar-refractivity contribution in [3.05, 3.63) is 167 Å². The number of aromatic hydroxyl groups is 1. The van der Waals surface area contributed by atoms with E-state index in [4.69, 9.17) is 47.0 Å². The van der Waals surface area contributed by atoms with Crippen LogP contribution in [-0.2, 0) is 27.1 Å². The van der Waals surface area contributed by atoms with Gasteiger partial charge in [0.15, 0.2) is 0 Å². The molecule has 6 aromatic carbocycles. The summed E-state index contributed by atoms with van der Waals surface area (Å²) < 4.78 is 234. The summed E-state index contributed by atoms with van der Waals surface area (Å²) in [7, 11) is 0. The van der Waals surface area contributed by atoms with Gasteiger partial charge in [0.1, 0.15) is 11.6 Å². The maximum absolute atomic E-state index is 13.1. The van der Waals surface area contributed by atoms with E-state index in [1.54, 1.807) is 78.9 Å². The van der Waals surface area contributed by atoms with E-state index < -0.39 is 123 Å². The summed E-state index contributed by atoms with van der Waals surface area (Å²) in [6, 6.07) is 34.2. The van der Waals surface area contributed by atoms with E-state index in [0.717, 1.165) is 11.1 Å². The number of hydrogen-bond acceptors (Lipinski definition) is 3. The summed E-state index contributed by atoms with van der Waals surface area (Å²) in [6.07, 6.45) is 1.50. The number of benzene rings is 6. The average molecular weight is 899 g/mol. The van der Waals surface area contributed by atoms with E-state index in [9.17, 15) is 5.11 Å². The van der Waals surface area contributed by atoms with Crippen LogP contribution in [0.5, 0.6) is 5.75 Å².